The van der Waals surface area contributed by atoms with E-state index in [9.17, 15) is 14.4 Å². The van der Waals surface area contributed by atoms with E-state index >= 15 is 0 Å². The Morgan fingerprint density at radius 1 is 0.957 bits per heavy atom. The lowest BCUT2D eigenvalue weighted by Crippen LogP contribution is -2.18. The Hall–Kier alpha value is -2.87. The number of hydrogen-bond acceptors (Lipinski definition) is 4. The molecule has 2 aromatic rings. The van der Waals surface area contributed by atoms with Crippen LogP contribution in [0.25, 0.3) is 0 Å². The Kier molecular flexibility index (Phi) is 4.97. The summed E-state index contributed by atoms with van der Waals surface area (Å²) in [7, 11) is 0. The van der Waals surface area contributed by atoms with Gasteiger partial charge in [-0.25, -0.2) is 14.4 Å². The van der Waals surface area contributed by atoms with Crippen LogP contribution >= 0.6 is 15.9 Å². The maximum Gasteiger partial charge on any atom is 0.417 e. The molecule has 0 bridgehead atoms. The summed E-state index contributed by atoms with van der Waals surface area (Å²) < 4.78 is 5.31. The summed E-state index contributed by atoms with van der Waals surface area (Å²) in [4.78, 5) is 33.9. The lowest BCUT2D eigenvalue weighted by molar-refractivity contribution is 0.0685. The molecule has 0 spiro atoms. The van der Waals surface area contributed by atoms with Crippen molar-refractivity contribution in [2.24, 2.45) is 0 Å². The van der Waals surface area contributed by atoms with E-state index in [4.69, 9.17) is 14.9 Å². The molecule has 0 aliphatic heterocycles. The Morgan fingerprint density at radius 3 is 2.26 bits per heavy atom. The second kappa shape index (κ2) is 6.93. The maximum absolute atomic E-state index is 11.8. The van der Waals surface area contributed by atoms with E-state index < -0.39 is 18.0 Å². The third-order valence-electron chi connectivity index (χ3n) is 2.77. The molecule has 8 heteroatoms. The van der Waals surface area contributed by atoms with Crippen molar-refractivity contribution in [1.29, 1.82) is 0 Å². The largest absolute Gasteiger partial charge is 0.478 e. The van der Waals surface area contributed by atoms with Gasteiger partial charge in [0.05, 0.1) is 16.8 Å². The average molecular weight is 380 g/mol. The van der Waals surface area contributed by atoms with Gasteiger partial charge in [0, 0.05) is 4.47 Å². The highest BCUT2D eigenvalue weighted by molar-refractivity contribution is 9.10. The predicted molar refractivity (Wildman–Crippen MR) is 84.1 cm³/mol. The molecular weight excluding hydrogens is 370 g/mol. The molecule has 3 N–H and O–H groups in total. The molecule has 0 saturated heterocycles. The van der Waals surface area contributed by atoms with Crippen LogP contribution in [0.15, 0.2) is 46.9 Å². The molecule has 0 atom stereocenters. The number of aromatic carboxylic acids is 2. The lowest BCUT2D eigenvalue weighted by Gasteiger charge is -2.09. The first-order chi connectivity index (χ1) is 10.9. The number of amides is 1. The van der Waals surface area contributed by atoms with Crippen LogP contribution < -0.4 is 10.1 Å². The van der Waals surface area contributed by atoms with Gasteiger partial charge in [0.1, 0.15) is 5.75 Å². The predicted octanol–water partition coefficient (Wildman–Crippen LogP) is 3.46. The number of nitrogens with one attached hydrogen (secondary N) is 1. The van der Waals surface area contributed by atoms with Gasteiger partial charge in [-0.1, -0.05) is 12.1 Å². The molecule has 1 amide bonds. The summed E-state index contributed by atoms with van der Waals surface area (Å²) >= 11 is 3.07. The number of carbonyl (C=O) groups is 3. The van der Waals surface area contributed by atoms with Gasteiger partial charge in [0.2, 0.25) is 0 Å². The Labute approximate surface area is 138 Å². The van der Waals surface area contributed by atoms with E-state index in [1.807, 2.05) is 0 Å². The number of ether oxygens (including phenoxy) is 1. The van der Waals surface area contributed by atoms with Crippen LogP contribution in [0.5, 0.6) is 5.75 Å². The molecule has 23 heavy (non-hydrogen) atoms. The molecule has 0 unspecified atom stereocenters. The second-order valence-electron chi connectivity index (χ2n) is 4.31. The average Bonchev–Trinajstić information content (AvgIpc) is 2.49. The summed E-state index contributed by atoms with van der Waals surface area (Å²) in [5, 5.41) is 20.3. The molecule has 2 rings (SSSR count). The van der Waals surface area contributed by atoms with Gasteiger partial charge in [-0.3, -0.25) is 5.32 Å². The zero-order valence-electron chi connectivity index (χ0n) is 11.4. The van der Waals surface area contributed by atoms with Crippen LogP contribution in [0.3, 0.4) is 0 Å². The molecule has 0 fully saturated rings. The number of halogens is 1. The number of carboxylic acids is 2. The topological polar surface area (TPSA) is 113 Å². The number of carbonyl (C=O) groups excluding carboxylic acids is 1. The monoisotopic (exact) mass is 379 g/mol. The van der Waals surface area contributed by atoms with Gasteiger partial charge in [0.25, 0.3) is 0 Å². The van der Waals surface area contributed by atoms with Crippen molar-refractivity contribution < 1.29 is 29.3 Å². The summed E-state index contributed by atoms with van der Waals surface area (Å²) in [5.74, 6) is -2.37. The molecule has 0 heterocycles. The quantitative estimate of drug-likeness (QED) is 0.749. The Balaban J connectivity index is 2.16. The summed E-state index contributed by atoms with van der Waals surface area (Å²) in [6.07, 6.45) is -0.933. The minimum atomic E-state index is -1.20. The standard InChI is InChI=1S/C15H10BrNO6/c16-11-6-5-8(7-10(11)14(20)21)23-15(22)17-12-4-2-1-3-9(12)13(18)19/h1-7H,(H,17,22)(H,18,19)(H,20,21). The molecule has 7 nitrogen and oxygen atoms in total. The third kappa shape index (κ3) is 4.07. The number of anilines is 1. The SMILES string of the molecule is O=C(Nc1ccccc1C(=O)O)Oc1ccc(Br)c(C(=O)O)c1. The molecular formula is C15H10BrNO6. The minimum Gasteiger partial charge on any atom is -0.478 e. The van der Waals surface area contributed by atoms with E-state index in [1.165, 1.54) is 36.4 Å². The van der Waals surface area contributed by atoms with Crippen molar-refractivity contribution in [2.45, 2.75) is 0 Å². The highest BCUT2D eigenvalue weighted by atomic mass is 79.9. The zero-order valence-corrected chi connectivity index (χ0v) is 13.0. The number of hydrogen-bond donors (Lipinski definition) is 3. The van der Waals surface area contributed by atoms with E-state index in [2.05, 4.69) is 21.2 Å². The van der Waals surface area contributed by atoms with Crippen LogP contribution in [-0.4, -0.2) is 28.2 Å². The van der Waals surface area contributed by atoms with Gasteiger partial charge < -0.3 is 14.9 Å². The minimum absolute atomic E-state index is 0.0101. The van der Waals surface area contributed by atoms with Crippen LogP contribution in [0, 0.1) is 0 Å². The van der Waals surface area contributed by atoms with Crippen molar-refractivity contribution in [3.8, 4) is 5.75 Å². The normalized spacial score (nSPS) is 9.96. The fraction of sp³-hybridized carbons (Fsp3) is 0. The van der Waals surface area contributed by atoms with Crippen LogP contribution in [0.2, 0.25) is 0 Å². The van der Waals surface area contributed by atoms with Crippen LogP contribution in [-0.2, 0) is 0 Å². The summed E-state index contributed by atoms with van der Waals surface area (Å²) in [6, 6.07) is 9.83. The van der Waals surface area contributed by atoms with E-state index in [1.54, 1.807) is 6.07 Å². The van der Waals surface area contributed by atoms with Gasteiger partial charge in [-0.05, 0) is 46.3 Å². The van der Waals surface area contributed by atoms with Crippen molar-refractivity contribution in [1.82, 2.24) is 0 Å². The first-order valence-electron chi connectivity index (χ1n) is 6.22. The smallest absolute Gasteiger partial charge is 0.417 e. The van der Waals surface area contributed by atoms with Crippen molar-refractivity contribution >= 4 is 39.6 Å². The van der Waals surface area contributed by atoms with Crippen molar-refractivity contribution in [2.75, 3.05) is 5.32 Å². The van der Waals surface area contributed by atoms with Crippen LogP contribution in [0.4, 0.5) is 10.5 Å². The van der Waals surface area contributed by atoms with Crippen molar-refractivity contribution in [3.05, 3.63) is 58.1 Å². The number of para-hydroxylation sites is 1. The summed E-state index contributed by atoms with van der Waals surface area (Å²) in [6.45, 7) is 0. The molecule has 0 aliphatic carbocycles. The maximum atomic E-state index is 11.8. The molecule has 118 valence electrons. The second-order valence-corrected chi connectivity index (χ2v) is 5.17. The Morgan fingerprint density at radius 2 is 1.61 bits per heavy atom. The van der Waals surface area contributed by atoms with Gasteiger partial charge in [-0.15, -0.1) is 0 Å². The first-order valence-corrected chi connectivity index (χ1v) is 7.02. The fourth-order valence-electron chi connectivity index (χ4n) is 1.75. The van der Waals surface area contributed by atoms with Gasteiger partial charge in [-0.2, -0.15) is 0 Å². The Bertz CT molecular complexity index is 789. The van der Waals surface area contributed by atoms with Crippen molar-refractivity contribution in [3.63, 3.8) is 0 Å². The number of carboxylic acid groups (broad SMARTS) is 2. The number of rotatable bonds is 4. The molecule has 0 aliphatic rings. The van der Waals surface area contributed by atoms with Gasteiger partial charge in [0.15, 0.2) is 0 Å². The lowest BCUT2D eigenvalue weighted by atomic mass is 10.2. The van der Waals surface area contributed by atoms with E-state index in [-0.39, 0.29) is 22.6 Å². The van der Waals surface area contributed by atoms with Crippen LogP contribution in [0.1, 0.15) is 20.7 Å². The van der Waals surface area contributed by atoms with E-state index in [0.29, 0.717) is 4.47 Å². The molecule has 2 aromatic carbocycles. The third-order valence-corrected chi connectivity index (χ3v) is 3.46. The fourth-order valence-corrected chi connectivity index (χ4v) is 2.17. The first kappa shape index (κ1) is 16.5. The molecule has 0 radical (unpaired) electrons. The molecule has 0 aromatic heterocycles. The highest BCUT2D eigenvalue weighted by Crippen LogP contribution is 2.23. The summed E-state index contributed by atoms with van der Waals surface area (Å²) in [5.41, 5.74) is -0.0895. The van der Waals surface area contributed by atoms with Gasteiger partial charge >= 0.3 is 18.0 Å². The zero-order chi connectivity index (χ0) is 17.0. The number of benzene rings is 2. The van der Waals surface area contributed by atoms with E-state index in [0.717, 1.165) is 0 Å². The highest BCUT2D eigenvalue weighted by Gasteiger charge is 2.15. The molecule has 0 saturated carbocycles.